The Hall–Kier alpha value is -2.60. The van der Waals surface area contributed by atoms with Gasteiger partial charge in [0.25, 0.3) is 0 Å². The molecule has 0 unspecified atom stereocenters. The number of anilines is 2. The lowest BCUT2D eigenvalue weighted by Crippen LogP contribution is -2.28. The van der Waals surface area contributed by atoms with Gasteiger partial charge >= 0.3 is 6.03 Å². The number of hydrogen-bond donors (Lipinski definition) is 3. The van der Waals surface area contributed by atoms with E-state index in [9.17, 15) is 9.59 Å². The summed E-state index contributed by atoms with van der Waals surface area (Å²) in [5.41, 5.74) is 1.96. The first-order valence-corrected chi connectivity index (χ1v) is 9.16. The molecular weight excluding hydrogens is 394 g/mol. The topological polar surface area (TPSA) is 70.2 Å². The number of carbonyl (C=O) groups excluding carboxylic acids is 2. The number of nitrogens with one attached hydrogen (secondary N) is 3. The second-order valence-electron chi connectivity index (χ2n) is 6.24. The van der Waals surface area contributed by atoms with Crippen LogP contribution in [0.15, 0.2) is 65.7 Å². The summed E-state index contributed by atoms with van der Waals surface area (Å²) in [7, 11) is 0. The molecule has 3 rings (SSSR count). The van der Waals surface area contributed by atoms with Crippen molar-refractivity contribution in [3.05, 3.63) is 71.2 Å². The fraction of sp³-hybridized carbons (Fsp3) is 0.200. The second kappa shape index (κ2) is 7.74. The Balaban J connectivity index is 1.62. The first-order valence-electron chi connectivity index (χ1n) is 8.37. The van der Waals surface area contributed by atoms with E-state index in [1.807, 2.05) is 24.3 Å². The van der Waals surface area contributed by atoms with Gasteiger partial charge in [0, 0.05) is 22.4 Å². The number of carbonyl (C=O) groups is 2. The fourth-order valence-corrected chi connectivity index (χ4v) is 3.03. The molecule has 6 heteroatoms. The maximum atomic E-state index is 12.8. The lowest BCUT2D eigenvalue weighted by Gasteiger charge is -2.16. The van der Waals surface area contributed by atoms with Crippen molar-refractivity contribution < 1.29 is 9.59 Å². The SMILES string of the molecule is C=CCNC(=O)Nc1ccc(NC(=O)C2(c3ccc(Br)cc3)CC2)cc1. The Kier molecular flexibility index (Phi) is 5.42. The molecule has 0 aromatic heterocycles. The number of halogens is 1. The molecule has 3 amide bonds. The van der Waals surface area contributed by atoms with Crippen LogP contribution in [0.1, 0.15) is 18.4 Å². The van der Waals surface area contributed by atoms with E-state index in [0.29, 0.717) is 17.9 Å². The van der Waals surface area contributed by atoms with Crippen molar-refractivity contribution >= 4 is 39.2 Å². The highest BCUT2D eigenvalue weighted by atomic mass is 79.9. The molecule has 134 valence electrons. The number of urea groups is 1. The fourth-order valence-electron chi connectivity index (χ4n) is 2.77. The molecule has 3 N–H and O–H groups in total. The second-order valence-corrected chi connectivity index (χ2v) is 7.16. The quantitative estimate of drug-likeness (QED) is 0.613. The molecule has 2 aromatic carbocycles. The highest BCUT2D eigenvalue weighted by Crippen LogP contribution is 2.49. The third-order valence-electron chi connectivity index (χ3n) is 4.39. The first kappa shape index (κ1) is 18.2. The molecule has 0 radical (unpaired) electrons. The lowest BCUT2D eigenvalue weighted by molar-refractivity contribution is -0.118. The van der Waals surface area contributed by atoms with Crippen LogP contribution in [-0.4, -0.2) is 18.5 Å². The average Bonchev–Trinajstić information content (AvgIpc) is 3.44. The van der Waals surface area contributed by atoms with Crippen molar-refractivity contribution in [2.45, 2.75) is 18.3 Å². The molecule has 0 atom stereocenters. The van der Waals surface area contributed by atoms with E-state index in [1.54, 1.807) is 30.3 Å². The van der Waals surface area contributed by atoms with Crippen LogP contribution in [0.3, 0.4) is 0 Å². The van der Waals surface area contributed by atoms with E-state index in [0.717, 1.165) is 22.9 Å². The van der Waals surface area contributed by atoms with E-state index >= 15 is 0 Å². The van der Waals surface area contributed by atoms with Crippen LogP contribution < -0.4 is 16.0 Å². The van der Waals surface area contributed by atoms with Crippen molar-refractivity contribution in [2.24, 2.45) is 0 Å². The minimum atomic E-state index is -0.428. The Morgan fingerprint density at radius 1 is 1.00 bits per heavy atom. The molecule has 26 heavy (non-hydrogen) atoms. The Bertz CT molecular complexity index is 812. The van der Waals surface area contributed by atoms with Crippen LogP contribution in [0.25, 0.3) is 0 Å². The largest absolute Gasteiger partial charge is 0.334 e. The van der Waals surface area contributed by atoms with Gasteiger partial charge in [-0.25, -0.2) is 4.79 Å². The third kappa shape index (κ3) is 4.14. The lowest BCUT2D eigenvalue weighted by atomic mass is 9.95. The number of rotatable bonds is 6. The monoisotopic (exact) mass is 413 g/mol. The summed E-state index contributed by atoms with van der Waals surface area (Å²) in [5.74, 6) is 0.00394. The third-order valence-corrected chi connectivity index (χ3v) is 4.92. The molecule has 1 fully saturated rings. The normalized spacial score (nSPS) is 14.2. The van der Waals surface area contributed by atoms with Gasteiger partial charge < -0.3 is 16.0 Å². The van der Waals surface area contributed by atoms with Crippen molar-refractivity contribution in [3.8, 4) is 0 Å². The van der Waals surface area contributed by atoms with E-state index in [4.69, 9.17) is 0 Å². The summed E-state index contributed by atoms with van der Waals surface area (Å²) in [6, 6.07) is 14.7. The molecule has 1 aliphatic rings. The van der Waals surface area contributed by atoms with Gasteiger partial charge in [-0.1, -0.05) is 34.1 Å². The van der Waals surface area contributed by atoms with Crippen LogP contribution in [-0.2, 0) is 10.2 Å². The number of hydrogen-bond acceptors (Lipinski definition) is 2. The van der Waals surface area contributed by atoms with Gasteiger partial charge in [-0.05, 0) is 54.8 Å². The molecule has 0 spiro atoms. The van der Waals surface area contributed by atoms with Crippen LogP contribution in [0.4, 0.5) is 16.2 Å². The van der Waals surface area contributed by atoms with Gasteiger partial charge in [0.15, 0.2) is 0 Å². The zero-order valence-corrected chi connectivity index (χ0v) is 15.8. The maximum Gasteiger partial charge on any atom is 0.319 e. The molecular formula is C20H20BrN3O2. The molecule has 1 saturated carbocycles. The summed E-state index contributed by atoms with van der Waals surface area (Å²) in [6.45, 7) is 3.95. The van der Waals surface area contributed by atoms with Crippen molar-refractivity contribution in [2.75, 3.05) is 17.2 Å². The zero-order chi connectivity index (χ0) is 18.6. The average molecular weight is 414 g/mol. The van der Waals surface area contributed by atoms with E-state index in [1.165, 1.54) is 0 Å². The summed E-state index contributed by atoms with van der Waals surface area (Å²) in [5, 5.41) is 8.33. The minimum absolute atomic E-state index is 0.00394. The van der Waals surface area contributed by atoms with Gasteiger partial charge in [-0.2, -0.15) is 0 Å². The zero-order valence-electron chi connectivity index (χ0n) is 14.2. The molecule has 2 aromatic rings. The predicted octanol–water partition coefficient (Wildman–Crippen LogP) is 4.43. The number of amides is 3. The van der Waals surface area contributed by atoms with Crippen LogP contribution in [0, 0.1) is 0 Å². The van der Waals surface area contributed by atoms with Crippen molar-refractivity contribution in [1.82, 2.24) is 5.32 Å². The minimum Gasteiger partial charge on any atom is -0.334 e. The first-order chi connectivity index (χ1) is 12.5. The van der Waals surface area contributed by atoms with Crippen molar-refractivity contribution in [1.29, 1.82) is 0 Å². The van der Waals surface area contributed by atoms with Gasteiger partial charge in [0.1, 0.15) is 0 Å². The highest BCUT2D eigenvalue weighted by molar-refractivity contribution is 9.10. The maximum absolute atomic E-state index is 12.8. The highest BCUT2D eigenvalue weighted by Gasteiger charge is 2.51. The molecule has 0 heterocycles. The predicted molar refractivity (Wildman–Crippen MR) is 107 cm³/mol. The van der Waals surface area contributed by atoms with Gasteiger partial charge in [-0.3, -0.25) is 4.79 Å². The molecule has 1 aliphatic carbocycles. The van der Waals surface area contributed by atoms with Gasteiger partial charge in [0.2, 0.25) is 5.91 Å². The number of benzene rings is 2. The molecule has 0 saturated heterocycles. The molecule has 5 nitrogen and oxygen atoms in total. The molecule has 0 bridgehead atoms. The summed E-state index contributed by atoms with van der Waals surface area (Å²) >= 11 is 3.42. The van der Waals surface area contributed by atoms with Crippen molar-refractivity contribution in [3.63, 3.8) is 0 Å². The van der Waals surface area contributed by atoms with Gasteiger partial charge in [0.05, 0.1) is 5.41 Å². The Labute approximate surface area is 161 Å². The Morgan fingerprint density at radius 3 is 2.12 bits per heavy atom. The van der Waals surface area contributed by atoms with E-state index < -0.39 is 5.41 Å². The van der Waals surface area contributed by atoms with Crippen LogP contribution >= 0.6 is 15.9 Å². The van der Waals surface area contributed by atoms with Crippen LogP contribution in [0.5, 0.6) is 0 Å². The summed E-state index contributed by atoms with van der Waals surface area (Å²) in [6.07, 6.45) is 3.31. The van der Waals surface area contributed by atoms with E-state index in [-0.39, 0.29) is 11.9 Å². The standard InChI is InChI=1S/C20H20BrN3O2/c1-2-13-22-19(26)24-17-9-7-16(8-10-17)23-18(25)20(11-12-20)14-3-5-15(21)6-4-14/h2-10H,1,11-13H2,(H,23,25)(H2,22,24,26). The summed E-state index contributed by atoms with van der Waals surface area (Å²) < 4.78 is 0.998. The van der Waals surface area contributed by atoms with E-state index in [2.05, 4.69) is 38.5 Å². The Morgan fingerprint density at radius 2 is 1.58 bits per heavy atom. The van der Waals surface area contributed by atoms with Gasteiger partial charge in [-0.15, -0.1) is 6.58 Å². The smallest absolute Gasteiger partial charge is 0.319 e. The van der Waals surface area contributed by atoms with Crippen LogP contribution in [0.2, 0.25) is 0 Å². The molecule has 0 aliphatic heterocycles. The summed E-state index contributed by atoms with van der Waals surface area (Å²) in [4.78, 5) is 24.4.